The monoisotopic (exact) mass is 234 g/mol. The first-order valence-electron chi connectivity index (χ1n) is 6.29. The van der Waals surface area contributed by atoms with E-state index in [2.05, 4.69) is 63.9 Å². The Balaban J connectivity index is 2.61. The summed E-state index contributed by atoms with van der Waals surface area (Å²) >= 11 is 0. The molecule has 0 saturated carbocycles. The SMILES string of the molecule is Cc1ccccc1C(N)CN(C)CC(C)(C)C. The van der Waals surface area contributed by atoms with Crippen LogP contribution in [0.25, 0.3) is 0 Å². The summed E-state index contributed by atoms with van der Waals surface area (Å²) in [6, 6.07) is 8.48. The van der Waals surface area contributed by atoms with Crippen LogP contribution in [0.3, 0.4) is 0 Å². The number of rotatable bonds is 4. The largest absolute Gasteiger partial charge is 0.323 e. The van der Waals surface area contributed by atoms with Crippen LogP contribution >= 0.6 is 0 Å². The Morgan fingerprint density at radius 3 is 2.35 bits per heavy atom. The molecule has 0 saturated heterocycles. The number of benzene rings is 1. The second kappa shape index (κ2) is 5.65. The van der Waals surface area contributed by atoms with Crippen LogP contribution in [0.15, 0.2) is 24.3 Å². The second-order valence-electron chi connectivity index (χ2n) is 6.22. The third kappa shape index (κ3) is 4.88. The molecule has 0 aliphatic rings. The minimum atomic E-state index is 0.101. The molecule has 0 amide bonds. The maximum atomic E-state index is 6.27. The zero-order chi connectivity index (χ0) is 13.1. The van der Waals surface area contributed by atoms with Gasteiger partial charge in [-0.15, -0.1) is 0 Å². The molecule has 1 aromatic carbocycles. The zero-order valence-electron chi connectivity index (χ0n) is 11.8. The van der Waals surface area contributed by atoms with Crippen molar-refractivity contribution in [2.45, 2.75) is 33.7 Å². The van der Waals surface area contributed by atoms with Crippen LogP contribution in [0.5, 0.6) is 0 Å². The van der Waals surface area contributed by atoms with Crippen molar-refractivity contribution in [3.8, 4) is 0 Å². The minimum Gasteiger partial charge on any atom is -0.323 e. The molecule has 96 valence electrons. The predicted octanol–water partition coefficient (Wildman–Crippen LogP) is 2.97. The van der Waals surface area contributed by atoms with E-state index in [0.717, 1.165) is 13.1 Å². The average molecular weight is 234 g/mol. The summed E-state index contributed by atoms with van der Waals surface area (Å²) in [6.45, 7) is 10.8. The Kier molecular flexibility index (Phi) is 4.72. The first-order valence-corrected chi connectivity index (χ1v) is 6.29. The Labute approximate surface area is 106 Å². The number of nitrogens with zero attached hydrogens (tertiary/aromatic N) is 1. The molecular formula is C15H26N2. The second-order valence-corrected chi connectivity index (χ2v) is 6.22. The van der Waals surface area contributed by atoms with Crippen LogP contribution in [-0.4, -0.2) is 25.0 Å². The van der Waals surface area contributed by atoms with Gasteiger partial charge < -0.3 is 10.6 Å². The molecule has 1 rings (SSSR count). The number of nitrogens with two attached hydrogens (primary N) is 1. The fourth-order valence-electron chi connectivity index (χ4n) is 2.31. The summed E-state index contributed by atoms with van der Waals surface area (Å²) in [5.74, 6) is 0. The van der Waals surface area contributed by atoms with Gasteiger partial charge in [-0.2, -0.15) is 0 Å². The highest BCUT2D eigenvalue weighted by molar-refractivity contribution is 5.28. The molecule has 0 bridgehead atoms. The maximum absolute atomic E-state index is 6.27. The van der Waals surface area contributed by atoms with Gasteiger partial charge >= 0.3 is 0 Å². The molecule has 0 fully saturated rings. The van der Waals surface area contributed by atoms with E-state index in [1.165, 1.54) is 11.1 Å². The zero-order valence-corrected chi connectivity index (χ0v) is 11.8. The summed E-state index contributed by atoms with van der Waals surface area (Å²) < 4.78 is 0. The third-order valence-corrected chi connectivity index (χ3v) is 2.84. The van der Waals surface area contributed by atoms with E-state index >= 15 is 0 Å². The molecule has 0 aliphatic heterocycles. The van der Waals surface area contributed by atoms with Gasteiger partial charge in [0.15, 0.2) is 0 Å². The van der Waals surface area contributed by atoms with Crippen molar-refractivity contribution in [2.24, 2.45) is 11.1 Å². The molecule has 0 aromatic heterocycles. The lowest BCUT2D eigenvalue weighted by Crippen LogP contribution is -2.35. The highest BCUT2D eigenvalue weighted by Gasteiger charge is 2.16. The van der Waals surface area contributed by atoms with Gasteiger partial charge in [-0.3, -0.25) is 0 Å². The molecule has 1 atom stereocenters. The molecule has 0 heterocycles. The van der Waals surface area contributed by atoms with E-state index in [0.29, 0.717) is 5.41 Å². The molecular weight excluding hydrogens is 208 g/mol. The molecule has 2 heteroatoms. The fourth-order valence-corrected chi connectivity index (χ4v) is 2.31. The van der Waals surface area contributed by atoms with E-state index in [9.17, 15) is 0 Å². The molecule has 17 heavy (non-hydrogen) atoms. The van der Waals surface area contributed by atoms with Crippen molar-refractivity contribution in [3.05, 3.63) is 35.4 Å². The molecule has 1 aromatic rings. The third-order valence-electron chi connectivity index (χ3n) is 2.84. The number of likely N-dealkylation sites (N-methyl/N-ethyl adjacent to an activating group) is 1. The van der Waals surface area contributed by atoms with Crippen LogP contribution in [0.4, 0.5) is 0 Å². The highest BCUT2D eigenvalue weighted by atomic mass is 15.1. The van der Waals surface area contributed by atoms with Crippen molar-refractivity contribution < 1.29 is 0 Å². The van der Waals surface area contributed by atoms with Crippen LogP contribution in [0.2, 0.25) is 0 Å². The van der Waals surface area contributed by atoms with Crippen molar-refractivity contribution in [2.75, 3.05) is 20.1 Å². The van der Waals surface area contributed by atoms with E-state index in [1.54, 1.807) is 0 Å². The molecule has 1 unspecified atom stereocenters. The van der Waals surface area contributed by atoms with Crippen molar-refractivity contribution in [1.82, 2.24) is 4.90 Å². The van der Waals surface area contributed by atoms with Gasteiger partial charge in [0.1, 0.15) is 0 Å². The van der Waals surface area contributed by atoms with Crippen molar-refractivity contribution in [1.29, 1.82) is 0 Å². The van der Waals surface area contributed by atoms with Crippen LogP contribution < -0.4 is 5.73 Å². The number of hydrogen-bond donors (Lipinski definition) is 1. The topological polar surface area (TPSA) is 29.3 Å². The Morgan fingerprint density at radius 1 is 1.24 bits per heavy atom. The maximum Gasteiger partial charge on any atom is 0.0426 e. The lowest BCUT2D eigenvalue weighted by molar-refractivity contribution is 0.217. The standard InChI is InChI=1S/C15H26N2/c1-12-8-6-7-9-13(12)14(16)10-17(5)11-15(2,3)4/h6-9,14H,10-11,16H2,1-5H3. The van der Waals surface area contributed by atoms with Gasteiger partial charge in [-0.25, -0.2) is 0 Å². The van der Waals surface area contributed by atoms with Gasteiger partial charge in [-0.05, 0) is 30.5 Å². The van der Waals surface area contributed by atoms with E-state index in [-0.39, 0.29) is 6.04 Å². The van der Waals surface area contributed by atoms with Crippen LogP contribution in [-0.2, 0) is 0 Å². The van der Waals surface area contributed by atoms with Gasteiger partial charge in [0, 0.05) is 19.1 Å². The quantitative estimate of drug-likeness (QED) is 0.868. The number of aryl methyl sites for hydroxylation is 1. The molecule has 2 N–H and O–H groups in total. The van der Waals surface area contributed by atoms with Crippen LogP contribution in [0.1, 0.15) is 37.9 Å². The molecule has 0 radical (unpaired) electrons. The fraction of sp³-hybridized carbons (Fsp3) is 0.600. The highest BCUT2D eigenvalue weighted by Crippen LogP contribution is 2.19. The summed E-state index contributed by atoms with van der Waals surface area (Å²) in [6.07, 6.45) is 0. The van der Waals surface area contributed by atoms with Crippen molar-refractivity contribution >= 4 is 0 Å². The average Bonchev–Trinajstić information content (AvgIpc) is 2.14. The van der Waals surface area contributed by atoms with E-state index in [1.807, 2.05) is 0 Å². The summed E-state index contributed by atoms with van der Waals surface area (Å²) in [4.78, 5) is 2.32. The number of hydrogen-bond acceptors (Lipinski definition) is 2. The Morgan fingerprint density at radius 2 is 1.82 bits per heavy atom. The van der Waals surface area contributed by atoms with Crippen LogP contribution in [0, 0.1) is 12.3 Å². The first-order chi connectivity index (χ1) is 7.79. The Hall–Kier alpha value is -0.860. The summed E-state index contributed by atoms with van der Waals surface area (Å²) in [5, 5.41) is 0. The van der Waals surface area contributed by atoms with Gasteiger partial charge in [0.25, 0.3) is 0 Å². The van der Waals surface area contributed by atoms with Gasteiger partial charge in [-0.1, -0.05) is 45.0 Å². The molecule has 0 aliphatic carbocycles. The van der Waals surface area contributed by atoms with Crippen molar-refractivity contribution in [3.63, 3.8) is 0 Å². The van der Waals surface area contributed by atoms with E-state index < -0.39 is 0 Å². The predicted molar refractivity (Wildman–Crippen MR) is 75.1 cm³/mol. The minimum absolute atomic E-state index is 0.101. The Bertz CT molecular complexity index is 352. The van der Waals surface area contributed by atoms with Gasteiger partial charge in [0.05, 0.1) is 0 Å². The summed E-state index contributed by atoms with van der Waals surface area (Å²) in [7, 11) is 2.14. The smallest absolute Gasteiger partial charge is 0.0426 e. The molecule has 0 spiro atoms. The normalized spacial score (nSPS) is 14.1. The van der Waals surface area contributed by atoms with E-state index in [4.69, 9.17) is 5.73 Å². The summed E-state index contributed by atoms with van der Waals surface area (Å²) in [5.41, 5.74) is 9.13. The van der Waals surface area contributed by atoms with Gasteiger partial charge in [0.2, 0.25) is 0 Å². The lowest BCUT2D eigenvalue weighted by Gasteiger charge is -2.29. The lowest BCUT2D eigenvalue weighted by atomic mass is 9.95. The molecule has 2 nitrogen and oxygen atoms in total. The first kappa shape index (κ1) is 14.2.